The van der Waals surface area contributed by atoms with E-state index in [1.807, 2.05) is 0 Å². The second-order valence-electron chi connectivity index (χ2n) is 5.13. The lowest BCUT2D eigenvalue weighted by molar-refractivity contribution is -0.145. The van der Waals surface area contributed by atoms with Gasteiger partial charge < -0.3 is 14.7 Å². The van der Waals surface area contributed by atoms with E-state index in [0.29, 0.717) is 31.5 Å². The van der Waals surface area contributed by atoms with Crippen LogP contribution in [0.15, 0.2) is 18.2 Å². The average molecular weight is 295 g/mol. The van der Waals surface area contributed by atoms with Gasteiger partial charge in [0.2, 0.25) is 0 Å². The predicted octanol–water partition coefficient (Wildman–Crippen LogP) is 1.84. The summed E-state index contributed by atoms with van der Waals surface area (Å²) in [5, 5.41) is 8.56. The Morgan fingerprint density at radius 3 is 2.67 bits per heavy atom. The molecule has 1 heterocycles. The van der Waals surface area contributed by atoms with Gasteiger partial charge in [-0.25, -0.2) is 9.18 Å². The molecular formula is C15H18FNO4. The summed E-state index contributed by atoms with van der Waals surface area (Å²) in [6, 6.07) is 4.77. The number of rotatable bonds is 4. The number of carbonyl (C=O) groups is 2. The monoisotopic (exact) mass is 295 g/mol. The SMILES string of the molecule is Cc1cccc(C(=O)N2CCC(OCC(=O)O)CC2)c1F. The second kappa shape index (κ2) is 6.67. The van der Waals surface area contributed by atoms with Crippen molar-refractivity contribution < 1.29 is 23.8 Å². The second-order valence-corrected chi connectivity index (χ2v) is 5.13. The zero-order chi connectivity index (χ0) is 15.4. The van der Waals surface area contributed by atoms with Crippen molar-refractivity contribution in [1.29, 1.82) is 0 Å². The molecular weight excluding hydrogens is 277 g/mol. The molecule has 1 N–H and O–H groups in total. The number of aliphatic carboxylic acids is 1. The number of aryl methyl sites for hydroxylation is 1. The number of benzene rings is 1. The van der Waals surface area contributed by atoms with Crippen LogP contribution in [0, 0.1) is 12.7 Å². The molecule has 0 saturated carbocycles. The smallest absolute Gasteiger partial charge is 0.329 e. The van der Waals surface area contributed by atoms with Crippen molar-refractivity contribution in [3.8, 4) is 0 Å². The van der Waals surface area contributed by atoms with Crippen LogP contribution in [0.3, 0.4) is 0 Å². The molecule has 0 bridgehead atoms. The maximum atomic E-state index is 14.0. The number of nitrogens with zero attached hydrogens (tertiary/aromatic N) is 1. The van der Waals surface area contributed by atoms with E-state index in [0.717, 1.165) is 0 Å². The Hall–Kier alpha value is -1.95. The van der Waals surface area contributed by atoms with Crippen LogP contribution in [0.1, 0.15) is 28.8 Å². The van der Waals surface area contributed by atoms with E-state index in [2.05, 4.69) is 0 Å². The summed E-state index contributed by atoms with van der Waals surface area (Å²) in [6.45, 7) is 2.18. The summed E-state index contributed by atoms with van der Waals surface area (Å²) < 4.78 is 19.2. The normalized spacial score (nSPS) is 16.0. The molecule has 1 aliphatic heterocycles. The first kappa shape index (κ1) is 15.4. The van der Waals surface area contributed by atoms with Crippen molar-refractivity contribution in [2.45, 2.75) is 25.9 Å². The standard InChI is InChI=1S/C15H18FNO4/c1-10-3-2-4-12(14(10)16)15(20)17-7-5-11(6-8-17)21-9-13(18)19/h2-4,11H,5-9H2,1H3,(H,18,19). The van der Waals surface area contributed by atoms with Gasteiger partial charge in [-0.2, -0.15) is 0 Å². The van der Waals surface area contributed by atoms with Crippen molar-refractivity contribution in [3.05, 3.63) is 35.1 Å². The molecule has 0 radical (unpaired) electrons. The van der Waals surface area contributed by atoms with Crippen LogP contribution in [0.5, 0.6) is 0 Å². The summed E-state index contributed by atoms with van der Waals surface area (Å²) in [5.41, 5.74) is 0.528. The summed E-state index contributed by atoms with van der Waals surface area (Å²) in [4.78, 5) is 24.3. The van der Waals surface area contributed by atoms with Gasteiger partial charge in [-0.15, -0.1) is 0 Å². The largest absolute Gasteiger partial charge is 0.480 e. The number of ether oxygens (including phenoxy) is 1. The van der Waals surface area contributed by atoms with Gasteiger partial charge in [0.05, 0.1) is 11.7 Å². The highest BCUT2D eigenvalue weighted by Crippen LogP contribution is 2.19. The fourth-order valence-corrected chi connectivity index (χ4v) is 2.40. The van der Waals surface area contributed by atoms with Gasteiger partial charge in [0.15, 0.2) is 0 Å². The first-order valence-corrected chi connectivity index (χ1v) is 6.87. The molecule has 6 heteroatoms. The van der Waals surface area contributed by atoms with E-state index in [-0.39, 0.29) is 24.2 Å². The number of hydrogen-bond donors (Lipinski definition) is 1. The summed E-state index contributed by atoms with van der Waals surface area (Å²) in [6.07, 6.45) is 0.964. The minimum atomic E-state index is -1.00. The maximum Gasteiger partial charge on any atom is 0.329 e. The van der Waals surface area contributed by atoms with Gasteiger partial charge in [0.25, 0.3) is 5.91 Å². The fraction of sp³-hybridized carbons (Fsp3) is 0.467. The van der Waals surface area contributed by atoms with Crippen LogP contribution < -0.4 is 0 Å². The number of likely N-dealkylation sites (tertiary alicyclic amines) is 1. The van der Waals surface area contributed by atoms with E-state index in [9.17, 15) is 14.0 Å². The zero-order valence-electron chi connectivity index (χ0n) is 11.8. The molecule has 114 valence electrons. The molecule has 1 aliphatic rings. The number of halogens is 1. The van der Waals surface area contributed by atoms with Crippen molar-refractivity contribution >= 4 is 11.9 Å². The summed E-state index contributed by atoms with van der Waals surface area (Å²) in [5.74, 6) is -1.81. The molecule has 0 aliphatic carbocycles. The minimum Gasteiger partial charge on any atom is -0.480 e. The first-order chi connectivity index (χ1) is 9.99. The predicted molar refractivity (Wildman–Crippen MR) is 73.7 cm³/mol. The third-order valence-electron chi connectivity index (χ3n) is 3.59. The zero-order valence-corrected chi connectivity index (χ0v) is 11.8. The summed E-state index contributed by atoms with van der Waals surface area (Å²) >= 11 is 0. The van der Waals surface area contributed by atoms with Gasteiger partial charge in [0.1, 0.15) is 12.4 Å². The molecule has 0 atom stereocenters. The van der Waals surface area contributed by atoms with Gasteiger partial charge in [-0.1, -0.05) is 12.1 Å². The summed E-state index contributed by atoms with van der Waals surface area (Å²) in [7, 11) is 0. The lowest BCUT2D eigenvalue weighted by atomic mass is 10.0. The van der Waals surface area contributed by atoms with Crippen LogP contribution >= 0.6 is 0 Å². The molecule has 2 rings (SSSR count). The number of hydrogen-bond acceptors (Lipinski definition) is 3. The van der Waals surface area contributed by atoms with Crippen LogP contribution in [0.2, 0.25) is 0 Å². The van der Waals surface area contributed by atoms with Crippen LogP contribution in [-0.4, -0.2) is 47.7 Å². The van der Waals surface area contributed by atoms with E-state index in [4.69, 9.17) is 9.84 Å². The average Bonchev–Trinajstić information content (AvgIpc) is 2.48. The quantitative estimate of drug-likeness (QED) is 0.920. The van der Waals surface area contributed by atoms with Crippen molar-refractivity contribution in [2.75, 3.05) is 19.7 Å². The van der Waals surface area contributed by atoms with Gasteiger partial charge >= 0.3 is 5.97 Å². The third kappa shape index (κ3) is 3.78. The van der Waals surface area contributed by atoms with E-state index < -0.39 is 11.8 Å². The Balaban J connectivity index is 1.94. The Labute approximate surface area is 122 Å². The molecule has 1 fully saturated rings. The lowest BCUT2D eigenvalue weighted by Crippen LogP contribution is -2.41. The molecule has 0 spiro atoms. The number of carboxylic acid groups (broad SMARTS) is 1. The van der Waals surface area contributed by atoms with Crippen molar-refractivity contribution in [2.24, 2.45) is 0 Å². The van der Waals surface area contributed by atoms with E-state index >= 15 is 0 Å². The van der Waals surface area contributed by atoms with Crippen molar-refractivity contribution in [1.82, 2.24) is 4.90 Å². The minimum absolute atomic E-state index is 0.0832. The Morgan fingerprint density at radius 2 is 2.05 bits per heavy atom. The fourth-order valence-electron chi connectivity index (χ4n) is 2.40. The van der Waals surface area contributed by atoms with Gasteiger partial charge in [-0.3, -0.25) is 4.79 Å². The molecule has 5 nitrogen and oxygen atoms in total. The topological polar surface area (TPSA) is 66.8 Å². The highest BCUT2D eigenvalue weighted by atomic mass is 19.1. The Kier molecular flexibility index (Phi) is 4.90. The Bertz CT molecular complexity index is 538. The molecule has 1 aromatic carbocycles. The number of carbonyl (C=O) groups excluding carboxylic acids is 1. The number of carboxylic acids is 1. The molecule has 1 amide bonds. The Morgan fingerprint density at radius 1 is 1.38 bits per heavy atom. The highest BCUT2D eigenvalue weighted by molar-refractivity contribution is 5.94. The molecule has 1 aromatic rings. The molecule has 0 unspecified atom stereocenters. The third-order valence-corrected chi connectivity index (χ3v) is 3.59. The van der Waals surface area contributed by atoms with E-state index in [1.165, 1.54) is 6.07 Å². The first-order valence-electron chi connectivity index (χ1n) is 6.87. The number of amides is 1. The van der Waals surface area contributed by atoms with Crippen LogP contribution in [0.25, 0.3) is 0 Å². The van der Waals surface area contributed by atoms with Crippen LogP contribution in [-0.2, 0) is 9.53 Å². The molecule has 0 aromatic heterocycles. The maximum absolute atomic E-state index is 14.0. The van der Waals surface area contributed by atoms with Gasteiger partial charge in [-0.05, 0) is 31.4 Å². The molecule has 21 heavy (non-hydrogen) atoms. The lowest BCUT2D eigenvalue weighted by Gasteiger charge is -2.31. The highest BCUT2D eigenvalue weighted by Gasteiger charge is 2.26. The number of piperidine rings is 1. The van der Waals surface area contributed by atoms with Gasteiger partial charge in [0, 0.05) is 13.1 Å². The molecule has 1 saturated heterocycles. The van der Waals surface area contributed by atoms with Crippen LogP contribution in [0.4, 0.5) is 4.39 Å². The van der Waals surface area contributed by atoms with E-state index in [1.54, 1.807) is 24.0 Å². The van der Waals surface area contributed by atoms with Crippen molar-refractivity contribution in [3.63, 3.8) is 0 Å².